The first-order valence-corrected chi connectivity index (χ1v) is 5.66. The second-order valence-electron chi connectivity index (χ2n) is 3.72. The number of hydrogen-bond acceptors (Lipinski definition) is 4. The maximum Gasteiger partial charge on any atom is 0.245 e. The molecule has 0 amide bonds. The Bertz CT molecular complexity index is 467. The van der Waals surface area contributed by atoms with E-state index >= 15 is 0 Å². The van der Waals surface area contributed by atoms with E-state index in [1.165, 1.54) is 0 Å². The maximum atomic E-state index is 5.50. The molecule has 0 bridgehead atoms. The summed E-state index contributed by atoms with van der Waals surface area (Å²) in [7, 11) is 0. The molecule has 0 atom stereocenters. The summed E-state index contributed by atoms with van der Waals surface area (Å²) in [6.45, 7) is 4.65. The molecule has 0 saturated carbocycles. The van der Waals surface area contributed by atoms with E-state index in [1.54, 1.807) is 4.68 Å². The van der Waals surface area contributed by atoms with Crippen molar-refractivity contribution in [2.24, 2.45) is 0 Å². The van der Waals surface area contributed by atoms with Crippen molar-refractivity contribution in [3.8, 4) is 5.88 Å². The van der Waals surface area contributed by atoms with Crippen LogP contribution in [0.25, 0.3) is 0 Å². The molecule has 90 valence electrons. The smallest absolute Gasteiger partial charge is 0.245 e. The van der Waals surface area contributed by atoms with E-state index < -0.39 is 0 Å². The van der Waals surface area contributed by atoms with E-state index in [0.29, 0.717) is 18.4 Å². The minimum atomic E-state index is 0.535. The topological polar surface area (TPSA) is 52.0 Å². The number of rotatable bonds is 5. The molecule has 17 heavy (non-hydrogen) atoms. The van der Waals surface area contributed by atoms with Crippen molar-refractivity contribution in [1.29, 1.82) is 0 Å². The fraction of sp³-hybridized carbons (Fsp3) is 0.333. The van der Waals surface area contributed by atoms with Crippen LogP contribution >= 0.6 is 0 Å². The van der Waals surface area contributed by atoms with Crippen LogP contribution in [0.1, 0.15) is 19.0 Å². The third-order valence-electron chi connectivity index (χ3n) is 2.12. The molecule has 5 nitrogen and oxygen atoms in total. The Morgan fingerprint density at radius 3 is 2.76 bits per heavy atom. The fourth-order valence-corrected chi connectivity index (χ4v) is 1.39. The molecule has 0 aliphatic heterocycles. The number of nitrogens with one attached hydrogen (secondary N) is 1. The van der Waals surface area contributed by atoms with Gasteiger partial charge in [0.15, 0.2) is 0 Å². The second kappa shape index (κ2) is 5.34. The highest BCUT2D eigenvalue weighted by atomic mass is 16.5. The van der Waals surface area contributed by atoms with Crippen LogP contribution in [0, 0.1) is 6.92 Å². The Kier molecular flexibility index (Phi) is 3.59. The Hall–Kier alpha value is -2.04. The zero-order chi connectivity index (χ0) is 12.1. The lowest BCUT2D eigenvalue weighted by molar-refractivity contribution is 0.305. The summed E-state index contributed by atoms with van der Waals surface area (Å²) < 4.78 is 7.29. The van der Waals surface area contributed by atoms with Crippen LogP contribution in [0.2, 0.25) is 0 Å². The lowest BCUT2D eigenvalue weighted by Gasteiger charge is -2.09. The molecule has 0 fully saturated rings. The van der Waals surface area contributed by atoms with E-state index in [9.17, 15) is 0 Å². The van der Waals surface area contributed by atoms with Gasteiger partial charge in [0.2, 0.25) is 11.8 Å². The van der Waals surface area contributed by atoms with E-state index in [2.05, 4.69) is 22.3 Å². The van der Waals surface area contributed by atoms with Gasteiger partial charge in [-0.15, -0.1) is 0 Å². The van der Waals surface area contributed by atoms with Crippen molar-refractivity contribution in [2.45, 2.75) is 20.3 Å². The molecule has 0 spiro atoms. The predicted octanol–water partition coefficient (Wildman–Crippen LogP) is 2.25. The van der Waals surface area contributed by atoms with Gasteiger partial charge in [-0.25, -0.2) is 4.98 Å². The van der Waals surface area contributed by atoms with E-state index in [4.69, 9.17) is 4.74 Å². The highest BCUT2D eigenvalue weighted by molar-refractivity contribution is 5.30. The number of nitrogens with zero attached hydrogens (tertiary/aromatic N) is 3. The molecule has 1 N–H and O–H groups in total. The minimum absolute atomic E-state index is 0.535. The van der Waals surface area contributed by atoms with Crippen LogP contribution in [-0.4, -0.2) is 21.3 Å². The monoisotopic (exact) mass is 232 g/mol. The number of ether oxygens (including phenoxy) is 1. The fourth-order valence-electron chi connectivity index (χ4n) is 1.39. The molecular formula is C12H16N4O. The normalized spacial score (nSPS) is 10.2. The van der Waals surface area contributed by atoms with Crippen molar-refractivity contribution < 1.29 is 4.74 Å². The van der Waals surface area contributed by atoms with Crippen molar-refractivity contribution in [1.82, 2.24) is 14.6 Å². The van der Waals surface area contributed by atoms with Gasteiger partial charge >= 0.3 is 0 Å². The quantitative estimate of drug-likeness (QED) is 0.859. The first-order chi connectivity index (χ1) is 8.28. The summed E-state index contributed by atoms with van der Waals surface area (Å²) in [5.41, 5.74) is 3.93. The number of hydrogen-bond donors (Lipinski definition) is 1. The highest BCUT2D eigenvalue weighted by Crippen LogP contribution is 2.12. The van der Waals surface area contributed by atoms with Crippen LogP contribution in [0.5, 0.6) is 5.88 Å². The van der Waals surface area contributed by atoms with Crippen molar-refractivity contribution in [3.63, 3.8) is 0 Å². The molecule has 0 aliphatic rings. The molecule has 2 aromatic rings. The van der Waals surface area contributed by atoms with E-state index in [0.717, 1.165) is 12.1 Å². The van der Waals surface area contributed by atoms with Crippen LogP contribution in [-0.2, 0) is 0 Å². The Balaban J connectivity index is 2.13. The Morgan fingerprint density at radius 1 is 1.29 bits per heavy atom. The summed E-state index contributed by atoms with van der Waals surface area (Å²) in [6.07, 6.45) is 4.74. The van der Waals surface area contributed by atoms with Crippen molar-refractivity contribution >= 4 is 5.95 Å². The Morgan fingerprint density at radius 2 is 2.06 bits per heavy atom. The largest absolute Gasteiger partial charge is 0.478 e. The summed E-state index contributed by atoms with van der Waals surface area (Å²) in [5.74, 6) is 1.14. The van der Waals surface area contributed by atoms with Crippen LogP contribution in [0.4, 0.5) is 5.95 Å². The van der Waals surface area contributed by atoms with Crippen LogP contribution in [0.15, 0.2) is 30.6 Å². The van der Waals surface area contributed by atoms with E-state index in [-0.39, 0.29) is 0 Å². The summed E-state index contributed by atoms with van der Waals surface area (Å²) in [4.78, 5) is 8.57. The third-order valence-corrected chi connectivity index (χ3v) is 2.12. The maximum absolute atomic E-state index is 5.50. The van der Waals surface area contributed by atoms with Crippen molar-refractivity contribution in [3.05, 3.63) is 36.3 Å². The molecule has 0 aromatic carbocycles. The standard InChI is InChI=1S/C12H16N4O/c1-3-8-17-11-9-10(2)13-12(14-11)15-16-6-4-5-7-16/h4-7,9H,3,8H2,1-2H3,(H,13,14,15). The molecule has 0 radical (unpaired) electrons. The summed E-state index contributed by atoms with van der Waals surface area (Å²) >= 11 is 0. The van der Waals surface area contributed by atoms with Crippen LogP contribution < -0.4 is 10.2 Å². The van der Waals surface area contributed by atoms with Gasteiger partial charge in [-0.2, -0.15) is 4.98 Å². The lowest BCUT2D eigenvalue weighted by atomic mass is 10.4. The van der Waals surface area contributed by atoms with Gasteiger partial charge in [0.05, 0.1) is 6.61 Å². The molecule has 2 rings (SSSR count). The molecule has 0 aliphatic carbocycles. The molecule has 2 heterocycles. The van der Waals surface area contributed by atoms with Gasteiger partial charge in [0, 0.05) is 24.2 Å². The third kappa shape index (κ3) is 3.21. The molecular weight excluding hydrogens is 216 g/mol. The number of aromatic nitrogens is 3. The number of anilines is 1. The summed E-state index contributed by atoms with van der Waals surface area (Å²) in [6, 6.07) is 5.69. The van der Waals surface area contributed by atoms with Crippen LogP contribution in [0.3, 0.4) is 0 Å². The minimum Gasteiger partial charge on any atom is -0.478 e. The van der Waals surface area contributed by atoms with Gasteiger partial charge < -0.3 is 4.74 Å². The lowest BCUT2D eigenvalue weighted by Crippen LogP contribution is -2.10. The molecule has 5 heteroatoms. The summed E-state index contributed by atoms with van der Waals surface area (Å²) in [5, 5.41) is 0. The average Bonchev–Trinajstić information content (AvgIpc) is 2.78. The first-order valence-electron chi connectivity index (χ1n) is 5.66. The highest BCUT2D eigenvalue weighted by Gasteiger charge is 2.02. The molecule has 0 saturated heterocycles. The first kappa shape index (κ1) is 11.4. The zero-order valence-corrected chi connectivity index (χ0v) is 10.1. The van der Waals surface area contributed by atoms with Gasteiger partial charge in [0.25, 0.3) is 0 Å². The molecule has 2 aromatic heterocycles. The van der Waals surface area contributed by atoms with Gasteiger partial charge in [-0.05, 0) is 25.5 Å². The number of aryl methyl sites for hydroxylation is 1. The second-order valence-corrected chi connectivity index (χ2v) is 3.72. The average molecular weight is 232 g/mol. The van der Waals surface area contributed by atoms with E-state index in [1.807, 2.05) is 37.5 Å². The Labute approximate surface area is 100 Å². The van der Waals surface area contributed by atoms with Gasteiger partial charge in [0.1, 0.15) is 0 Å². The SMILES string of the molecule is CCCOc1cc(C)nc(Nn2cccc2)n1. The van der Waals surface area contributed by atoms with Crippen molar-refractivity contribution in [2.75, 3.05) is 12.0 Å². The zero-order valence-electron chi connectivity index (χ0n) is 10.1. The van der Waals surface area contributed by atoms with Gasteiger partial charge in [-0.3, -0.25) is 10.1 Å². The predicted molar refractivity (Wildman–Crippen MR) is 66.0 cm³/mol. The van der Waals surface area contributed by atoms with Gasteiger partial charge in [-0.1, -0.05) is 6.92 Å². The molecule has 0 unspecified atom stereocenters.